The summed E-state index contributed by atoms with van der Waals surface area (Å²) in [6.45, 7) is 3.82. The summed E-state index contributed by atoms with van der Waals surface area (Å²) in [7, 11) is 0. The average molecular weight is 281 g/mol. The van der Waals surface area contributed by atoms with Crippen LogP contribution in [0.2, 0.25) is 0 Å². The van der Waals surface area contributed by atoms with Crippen LogP contribution in [0.5, 0.6) is 0 Å². The first-order valence-electron chi connectivity index (χ1n) is 7.00. The van der Waals surface area contributed by atoms with Crippen LogP contribution in [0.3, 0.4) is 0 Å². The molecule has 3 nitrogen and oxygen atoms in total. The fourth-order valence-electron chi connectivity index (χ4n) is 2.05. The van der Waals surface area contributed by atoms with E-state index in [0.717, 1.165) is 11.4 Å². The monoisotopic (exact) mass is 281 g/mol. The van der Waals surface area contributed by atoms with E-state index in [0.29, 0.717) is 12.0 Å². The van der Waals surface area contributed by atoms with Gasteiger partial charge in [0.1, 0.15) is 6.10 Å². The van der Waals surface area contributed by atoms with Crippen LogP contribution in [0.1, 0.15) is 30.6 Å². The molecule has 0 aliphatic heterocycles. The Morgan fingerprint density at radius 2 is 1.62 bits per heavy atom. The van der Waals surface area contributed by atoms with Gasteiger partial charge in [-0.1, -0.05) is 36.4 Å². The summed E-state index contributed by atoms with van der Waals surface area (Å²) in [5.41, 5.74) is 2.42. The molecule has 0 spiro atoms. The molecule has 0 saturated heterocycles. The van der Waals surface area contributed by atoms with Crippen molar-refractivity contribution in [1.29, 1.82) is 0 Å². The Bertz CT molecular complexity index is 606. The smallest absolute Gasteiger partial charge is 0.338 e. The van der Waals surface area contributed by atoms with Crippen LogP contribution < -0.4 is 0 Å². The molecule has 1 atom stereocenters. The summed E-state index contributed by atoms with van der Waals surface area (Å²) >= 11 is 0. The van der Waals surface area contributed by atoms with E-state index in [1.54, 1.807) is 12.1 Å². The van der Waals surface area contributed by atoms with Crippen molar-refractivity contribution >= 4 is 17.4 Å². The summed E-state index contributed by atoms with van der Waals surface area (Å²) in [4.78, 5) is 16.4. The van der Waals surface area contributed by atoms with Crippen molar-refractivity contribution in [3.63, 3.8) is 0 Å². The number of aliphatic imine (C=N–C) groups is 1. The molecule has 0 aliphatic carbocycles. The molecule has 2 aromatic rings. The van der Waals surface area contributed by atoms with E-state index in [1.165, 1.54) is 0 Å². The second-order valence-corrected chi connectivity index (χ2v) is 4.97. The van der Waals surface area contributed by atoms with Crippen LogP contribution in [-0.2, 0) is 4.74 Å². The average Bonchev–Trinajstić information content (AvgIpc) is 2.48. The number of para-hydroxylation sites is 1. The fourth-order valence-corrected chi connectivity index (χ4v) is 2.05. The fraction of sp³-hybridized carbons (Fsp3) is 0.222. The third kappa shape index (κ3) is 4.88. The van der Waals surface area contributed by atoms with Crippen molar-refractivity contribution < 1.29 is 9.53 Å². The minimum absolute atomic E-state index is 0.204. The van der Waals surface area contributed by atoms with Crippen LogP contribution >= 0.6 is 0 Å². The summed E-state index contributed by atoms with van der Waals surface area (Å²) in [5, 5.41) is 0. The van der Waals surface area contributed by atoms with Crippen LogP contribution in [0.15, 0.2) is 65.7 Å². The van der Waals surface area contributed by atoms with Gasteiger partial charge in [-0.15, -0.1) is 0 Å². The number of rotatable bonds is 5. The molecule has 0 saturated carbocycles. The van der Waals surface area contributed by atoms with Crippen molar-refractivity contribution in [1.82, 2.24) is 0 Å². The van der Waals surface area contributed by atoms with E-state index in [2.05, 4.69) is 4.99 Å². The first-order valence-corrected chi connectivity index (χ1v) is 7.00. The molecule has 0 aliphatic rings. The maximum absolute atomic E-state index is 11.9. The molecule has 108 valence electrons. The second-order valence-electron chi connectivity index (χ2n) is 4.97. The van der Waals surface area contributed by atoms with Gasteiger partial charge in [-0.3, -0.25) is 4.99 Å². The third-order valence-corrected chi connectivity index (χ3v) is 2.98. The van der Waals surface area contributed by atoms with Gasteiger partial charge in [0.2, 0.25) is 0 Å². The second kappa shape index (κ2) is 7.39. The minimum atomic E-state index is -0.296. The zero-order chi connectivity index (χ0) is 15.1. The zero-order valence-corrected chi connectivity index (χ0v) is 12.3. The van der Waals surface area contributed by atoms with Gasteiger partial charge < -0.3 is 4.74 Å². The van der Waals surface area contributed by atoms with Crippen molar-refractivity contribution in [3.05, 3.63) is 66.2 Å². The first kappa shape index (κ1) is 15.0. The number of hydrogen-bond acceptors (Lipinski definition) is 3. The number of nitrogens with zero attached hydrogens (tertiary/aromatic N) is 1. The molecule has 0 N–H and O–H groups in total. The molecular weight excluding hydrogens is 262 g/mol. The standard InChI is InChI=1S/C18H19NO2/c1-14(19-17-11-7-4-8-12-17)13-15(2)21-18(20)16-9-5-3-6-10-16/h3-12,15H,13H2,1-2H3. The van der Waals surface area contributed by atoms with Gasteiger partial charge in [0.25, 0.3) is 0 Å². The van der Waals surface area contributed by atoms with Gasteiger partial charge in [0.15, 0.2) is 0 Å². The van der Waals surface area contributed by atoms with Gasteiger partial charge in [0, 0.05) is 12.1 Å². The molecule has 3 heteroatoms. The SMILES string of the molecule is CC(CC(C)OC(=O)c1ccccc1)=Nc1ccccc1. The largest absolute Gasteiger partial charge is 0.459 e. The summed E-state index contributed by atoms with van der Waals surface area (Å²) in [5.74, 6) is -0.296. The Morgan fingerprint density at radius 1 is 1.05 bits per heavy atom. The van der Waals surface area contributed by atoms with Gasteiger partial charge in [-0.05, 0) is 38.1 Å². The van der Waals surface area contributed by atoms with E-state index in [9.17, 15) is 4.79 Å². The number of carbonyl (C=O) groups excluding carboxylic acids is 1. The Hall–Kier alpha value is -2.42. The molecule has 21 heavy (non-hydrogen) atoms. The van der Waals surface area contributed by atoms with Gasteiger partial charge in [-0.2, -0.15) is 0 Å². The number of carbonyl (C=O) groups is 1. The normalized spacial score (nSPS) is 12.8. The number of ether oxygens (including phenoxy) is 1. The highest BCUT2D eigenvalue weighted by Crippen LogP contribution is 2.13. The zero-order valence-electron chi connectivity index (χ0n) is 12.3. The summed E-state index contributed by atoms with van der Waals surface area (Å²) in [6.07, 6.45) is 0.415. The highest BCUT2D eigenvalue weighted by Gasteiger charge is 2.12. The molecule has 0 amide bonds. The van der Waals surface area contributed by atoms with Crippen LogP contribution in [0.4, 0.5) is 5.69 Å². The van der Waals surface area contributed by atoms with E-state index in [4.69, 9.17) is 4.74 Å². The molecule has 2 aromatic carbocycles. The lowest BCUT2D eigenvalue weighted by Crippen LogP contribution is -2.17. The van der Waals surface area contributed by atoms with Gasteiger partial charge >= 0.3 is 5.97 Å². The van der Waals surface area contributed by atoms with E-state index in [-0.39, 0.29) is 12.1 Å². The lowest BCUT2D eigenvalue weighted by molar-refractivity contribution is 0.0356. The Labute approximate surface area is 125 Å². The van der Waals surface area contributed by atoms with Gasteiger partial charge in [-0.25, -0.2) is 4.79 Å². The topological polar surface area (TPSA) is 38.7 Å². The highest BCUT2D eigenvalue weighted by atomic mass is 16.5. The van der Waals surface area contributed by atoms with Crippen molar-refractivity contribution in [3.8, 4) is 0 Å². The summed E-state index contributed by atoms with van der Waals surface area (Å²) < 4.78 is 5.42. The van der Waals surface area contributed by atoms with E-state index < -0.39 is 0 Å². The maximum Gasteiger partial charge on any atom is 0.338 e. The lowest BCUT2D eigenvalue weighted by Gasteiger charge is -2.13. The predicted molar refractivity (Wildman–Crippen MR) is 85.1 cm³/mol. The van der Waals surface area contributed by atoms with Crippen LogP contribution in [-0.4, -0.2) is 17.8 Å². The quantitative estimate of drug-likeness (QED) is 0.601. The molecule has 0 aromatic heterocycles. The Balaban J connectivity index is 1.91. The van der Waals surface area contributed by atoms with Crippen LogP contribution in [0.25, 0.3) is 0 Å². The number of benzene rings is 2. The molecule has 0 radical (unpaired) electrons. The van der Waals surface area contributed by atoms with Gasteiger partial charge in [0.05, 0.1) is 11.3 Å². The number of esters is 1. The van der Waals surface area contributed by atoms with Crippen molar-refractivity contribution in [2.75, 3.05) is 0 Å². The molecule has 0 bridgehead atoms. The first-order chi connectivity index (χ1) is 10.1. The minimum Gasteiger partial charge on any atom is -0.459 e. The Kier molecular flexibility index (Phi) is 5.27. The molecule has 2 rings (SSSR count). The predicted octanol–water partition coefficient (Wildman–Crippen LogP) is 4.41. The van der Waals surface area contributed by atoms with Crippen molar-refractivity contribution in [2.45, 2.75) is 26.4 Å². The molecular formula is C18H19NO2. The molecule has 0 heterocycles. The lowest BCUT2D eigenvalue weighted by atomic mass is 10.2. The van der Waals surface area contributed by atoms with Crippen LogP contribution in [0, 0.1) is 0 Å². The van der Waals surface area contributed by atoms with Crippen molar-refractivity contribution in [2.24, 2.45) is 4.99 Å². The molecule has 0 fully saturated rings. The molecule has 1 unspecified atom stereocenters. The van der Waals surface area contributed by atoms with E-state index in [1.807, 2.05) is 62.4 Å². The number of hydrogen-bond donors (Lipinski definition) is 0. The maximum atomic E-state index is 11.9. The summed E-state index contributed by atoms with van der Waals surface area (Å²) in [6, 6.07) is 18.8. The highest BCUT2D eigenvalue weighted by molar-refractivity contribution is 5.90. The van der Waals surface area contributed by atoms with E-state index >= 15 is 0 Å². The Morgan fingerprint density at radius 3 is 2.24 bits per heavy atom. The third-order valence-electron chi connectivity index (χ3n) is 2.98.